The van der Waals surface area contributed by atoms with Gasteiger partial charge in [-0.1, -0.05) is 12.5 Å². The van der Waals surface area contributed by atoms with Crippen molar-refractivity contribution in [1.82, 2.24) is 9.88 Å². The molecular weight excluding hydrogens is 228 g/mol. The second kappa shape index (κ2) is 4.96. The highest BCUT2D eigenvalue weighted by Crippen LogP contribution is 2.29. The molecular formula is C14H18N2O2. The number of hydrogen-bond acceptors (Lipinski definition) is 3. The largest absolute Gasteiger partial charge is 0.472 e. The topological polar surface area (TPSA) is 42.4 Å². The van der Waals surface area contributed by atoms with Gasteiger partial charge >= 0.3 is 0 Å². The Kier molecular flexibility index (Phi) is 3.17. The minimum Gasteiger partial charge on any atom is -0.472 e. The molecule has 0 spiro atoms. The number of hydrogen-bond donors (Lipinski definition) is 0. The van der Waals surface area contributed by atoms with Crippen LogP contribution in [0.3, 0.4) is 0 Å². The van der Waals surface area contributed by atoms with Crippen molar-refractivity contribution < 1.29 is 9.53 Å². The van der Waals surface area contributed by atoms with Crippen LogP contribution in [0.4, 0.5) is 0 Å². The SMILES string of the molecule is O=C(C1CCC1)N1CCC(Oc2ccccn2)C1. The Labute approximate surface area is 107 Å². The van der Waals surface area contributed by atoms with E-state index in [2.05, 4.69) is 4.98 Å². The van der Waals surface area contributed by atoms with Crippen molar-refractivity contribution in [1.29, 1.82) is 0 Å². The van der Waals surface area contributed by atoms with Crippen LogP contribution in [0.15, 0.2) is 24.4 Å². The molecule has 1 aromatic heterocycles. The normalized spacial score (nSPS) is 23.8. The van der Waals surface area contributed by atoms with Crippen LogP contribution >= 0.6 is 0 Å². The number of amides is 1. The summed E-state index contributed by atoms with van der Waals surface area (Å²) in [6.07, 6.45) is 6.08. The molecule has 1 saturated carbocycles. The number of likely N-dealkylation sites (tertiary alicyclic amines) is 1. The van der Waals surface area contributed by atoms with E-state index in [1.165, 1.54) is 6.42 Å². The highest BCUT2D eigenvalue weighted by Gasteiger charge is 2.34. The summed E-state index contributed by atoms with van der Waals surface area (Å²) < 4.78 is 5.78. The number of pyridine rings is 1. The first-order chi connectivity index (χ1) is 8.83. The maximum Gasteiger partial charge on any atom is 0.225 e. The molecule has 2 heterocycles. The van der Waals surface area contributed by atoms with Gasteiger partial charge in [0, 0.05) is 31.1 Å². The summed E-state index contributed by atoms with van der Waals surface area (Å²) in [5, 5.41) is 0. The molecule has 1 unspecified atom stereocenters. The van der Waals surface area contributed by atoms with Gasteiger partial charge in [0.25, 0.3) is 0 Å². The van der Waals surface area contributed by atoms with Gasteiger partial charge in [0.15, 0.2) is 0 Å². The van der Waals surface area contributed by atoms with Gasteiger partial charge in [-0.25, -0.2) is 4.98 Å². The van der Waals surface area contributed by atoms with E-state index < -0.39 is 0 Å². The van der Waals surface area contributed by atoms with Crippen LogP contribution in [0.2, 0.25) is 0 Å². The molecule has 2 aliphatic rings. The average Bonchev–Trinajstić information content (AvgIpc) is 2.76. The van der Waals surface area contributed by atoms with E-state index in [-0.39, 0.29) is 6.10 Å². The Balaban J connectivity index is 1.53. The molecule has 0 radical (unpaired) electrons. The summed E-state index contributed by atoms with van der Waals surface area (Å²) in [4.78, 5) is 18.2. The van der Waals surface area contributed by atoms with E-state index in [1.807, 2.05) is 23.1 Å². The summed E-state index contributed by atoms with van der Waals surface area (Å²) in [7, 11) is 0. The lowest BCUT2D eigenvalue weighted by atomic mass is 9.84. The van der Waals surface area contributed by atoms with Crippen molar-refractivity contribution in [2.24, 2.45) is 5.92 Å². The van der Waals surface area contributed by atoms with E-state index in [9.17, 15) is 4.79 Å². The van der Waals surface area contributed by atoms with Crippen molar-refractivity contribution in [2.75, 3.05) is 13.1 Å². The zero-order valence-corrected chi connectivity index (χ0v) is 10.4. The Morgan fingerprint density at radius 2 is 2.22 bits per heavy atom. The molecule has 1 saturated heterocycles. The van der Waals surface area contributed by atoms with Crippen LogP contribution in [-0.4, -0.2) is 35.0 Å². The Hall–Kier alpha value is -1.58. The molecule has 1 amide bonds. The lowest BCUT2D eigenvalue weighted by Crippen LogP contribution is -2.38. The summed E-state index contributed by atoms with van der Waals surface area (Å²) in [5.41, 5.74) is 0. The molecule has 0 N–H and O–H groups in total. The lowest BCUT2D eigenvalue weighted by Gasteiger charge is -2.29. The molecule has 96 valence electrons. The molecule has 1 aliphatic carbocycles. The van der Waals surface area contributed by atoms with Crippen molar-refractivity contribution in [3.63, 3.8) is 0 Å². The van der Waals surface area contributed by atoms with Gasteiger partial charge < -0.3 is 9.64 Å². The minimum atomic E-state index is 0.101. The molecule has 18 heavy (non-hydrogen) atoms. The van der Waals surface area contributed by atoms with Crippen LogP contribution in [-0.2, 0) is 4.79 Å². The van der Waals surface area contributed by atoms with Gasteiger partial charge in [0.05, 0.1) is 6.54 Å². The first-order valence-corrected chi connectivity index (χ1v) is 6.69. The third-order valence-electron chi connectivity index (χ3n) is 3.84. The fraction of sp³-hybridized carbons (Fsp3) is 0.571. The number of carbonyl (C=O) groups excluding carboxylic acids is 1. The zero-order chi connectivity index (χ0) is 12.4. The van der Waals surface area contributed by atoms with Crippen molar-refractivity contribution >= 4 is 5.91 Å². The second-order valence-corrected chi connectivity index (χ2v) is 5.11. The molecule has 1 aromatic rings. The molecule has 4 heteroatoms. The molecule has 3 rings (SSSR count). The molecule has 1 atom stereocenters. The monoisotopic (exact) mass is 246 g/mol. The van der Waals surface area contributed by atoms with Crippen molar-refractivity contribution in [3.8, 4) is 5.88 Å². The maximum atomic E-state index is 12.1. The minimum absolute atomic E-state index is 0.101. The molecule has 0 bridgehead atoms. The van der Waals surface area contributed by atoms with Gasteiger partial charge in [-0.3, -0.25) is 4.79 Å². The van der Waals surface area contributed by atoms with Gasteiger partial charge in [-0.15, -0.1) is 0 Å². The lowest BCUT2D eigenvalue weighted by molar-refractivity contribution is -0.137. The number of nitrogens with zero attached hydrogens (tertiary/aromatic N) is 2. The Bertz CT molecular complexity index is 417. The number of carbonyl (C=O) groups is 1. The fourth-order valence-corrected chi connectivity index (χ4v) is 2.53. The summed E-state index contributed by atoms with van der Waals surface area (Å²) in [6, 6.07) is 5.64. The Morgan fingerprint density at radius 3 is 2.89 bits per heavy atom. The van der Waals surface area contributed by atoms with Crippen LogP contribution < -0.4 is 4.74 Å². The highest BCUT2D eigenvalue weighted by molar-refractivity contribution is 5.79. The summed E-state index contributed by atoms with van der Waals surface area (Å²) >= 11 is 0. The van der Waals surface area contributed by atoms with Crippen molar-refractivity contribution in [2.45, 2.75) is 31.8 Å². The number of aromatic nitrogens is 1. The number of rotatable bonds is 3. The summed E-state index contributed by atoms with van der Waals surface area (Å²) in [5.74, 6) is 1.27. The smallest absolute Gasteiger partial charge is 0.225 e. The van der Waals surface area contributed by atoms with E-state index in [4.69, 9.17) is 4.74 Å². The predicted molar refractivity (Wildman–Crippen MR) is 67.2 cm³/mol. The first kappa shape index (κ1) is 11.5. The molecule has 4 nitrogen and oxygen atoms in total. The van der Waals surface area contributed by atoms with E-state index in [0.717, 1.165) is 25.8 Å². The maximum absolute atomic E-state index is 12.1. The van der Waals surface area contributed by atoms with Crippen LogP contribution in [0.25, 0.3) is 0 Å². The third kappa shape index (κ3) is 2.33. The van der Waals surface area contributed by atoms with Crippen molar-refractivity contribution in [3.05, 3.63) is 24.4 Å². The Morgan fingerprint density at radius 1 is 1.33 bits per heavy atom. The summed E-state index contributed by atoms with van der Waals surface area (Å²) in [6.45, 7) is 1.54. The van der Waals surface area contributed by atoms with E-state index >= 15 is 0 Å². The molecule has 2 fully saturated rings. The van der Waals surface area contributed by atoms with Gasteiger partial charge in [-0.2, -0.15) is 0 Å². The van der Waals surface area contributed by atoms with E-state index in [1.54, 1.807) is 6.20 Å². The van der Waals surface area contributed by atoms with Gasteiger partial charge in [0.2, 0.25) is 11.8 Å². The quantitative estimate of drug-likeness (QED) is 0.817. The third-order valence-corrected chi connectivity index (χ3v) is 3.84. The second-order valence-electron chi connectivity index (χ2n) is 5.11. The molecule has 1 aliphatic heterocycles. The van der Waals surface area contributed by atoms with Crippen LogP contribution in [0.1, 0.15) is 25.7 Å². The van der Waals surface area contributed by atoms with Crippen LogP contribution in [0, 0.1) is 5.92 Å². The average molecular weight is 246 g/mol. The standard InChI is InChI=1S/C14H18N2O2/c17-14(11-4-3-5-11)16-9-7-12(10-16)18-13-6-1-2-8-15-13/h1-2,6,8,11-12H,3-5,7,9-10H2. The van der Waals surface area contributed by atoms with E-state index in [0.29, 0.717) is 24.2 Å². The highest BCUT2D eigenvalue weighted by atomic mass is 16.5. The first-order valence-electron chi connectivity index (χ1n) is 6.69. The molecule has 0 aromatic carbocycles. The van der Waals surface area contributed by atoms with Gasteiger partial charge in [0.1, 0.15) is 6.10 Å². The fourth-order valence-electron chi connectivity index (χ4n) is 2.53. The van der Waals surface area contributed by atoms with Crippen LogP contribution in [0.5, 0.6) is 5.88 Å². The van der Waals surface area contributed by atoms with Gasteiger partial charge in [-0.05, 0) is 18.9 Å². The predicted octanol–water partition coefficient (Wildman–Crippen LogP) is 1.86. The number of ether oxygens (including phenoxy) is 1. The zero-order valence-electron chi connectivity index (χ0n) is 10.4.